The van der Waals surface area contributed by atoms with Gasteiger partial charge < -0.3 is 19.7 Å². The Morgan fingerprint density at radius 1 is 1.33 bits per heavy atom. The van der Waals surface area contributed by atoms with Crippen molar-refractivity contribution in [2.45, 2.75) is 25.1 Å². The number of benzene rings is 1. The second kappa shape index (κ2) is 7.35. The van der Waals surface area contributed by atoms with E-state index in [-0.39, 0.29) is 22.9 Å². The van der Waals surface area contributed by atoms with Crippen LogP contribution in [0.3, 0.4) is 0 Å². The normalized spacial score (nSPS) is 22.4. The second-order valence-electron chi connectivity index (χ2n) is 8.41. The molecule has 1 saturated heterocycles. The highest BCUT2D eigenvalue weighted by Crippen LogP contribution is 2.43. The van der Waals surface area contributed by atoms with Gasteiger partial charge in [0.05, 0.1) is 46.8 Å². The number of anilines is 2. The molecule has 1 unspecified atom stereocenters. The van der Waals surface area contributed by atoms with E-state index in [1.165, 1.54) is 6.20 Å². The van der Waals surface area contributed by atoms with Gasteiger partial charge in [-0.1, -0.05) is 11.6 Å². The molecule has 170 valence electrons. The molecule has 0 bridgehead atoms. The molecule has 2 fully saturated rings. The molecule has 6 rings (SSSR count). The number of alkyl halides is 1. The van der Waals surface area contributed by atoms with Crippen LogP contribution in [0.5, 0.6) is 0 Å². The number of aliphatic hydroxyl groups excluding tert-OH is 1. The number of halogens is 3. The fraction of sp³-hybridized carbons (Fsp3) is 0.333. The Balaban J connectivity index is 1.41. The van der Waals surface area contributed by atoms with Gasteiger partial charge in [-0.3, -0.25) is 14.9 Å². The van der Waals surface area contributed by atoms with Gasteiger partial charge in [0, 0.05) is 30.2 Å². The molecule has 33 heavy (non-hydrogen) atoms. The molecule has 1 aliphatic carbocycles. The van der Waals surface area contributed by atoms with Crippen molar-refractivity contribution in [3.63, 3.8) is 0 Å². The van der Waals surface area contributed by atoms with E-state index in [9.17, 15) is 14.3 Å². The van der Waals surface area contributed by atoms with Gasteiger partial charge in [0.25, 0.3) is 0 Å². The summed E-state index contributed by atoms with van der Waals surface area (Å²) in [6.45, 7) is 0.804. The molecule has 12 heteroatoms. The minimum atomic E-state index is -1.10. The van der Waals surface area contributed by atoms with E-state index >= 15 is 4.39 Å². The predicted octanol–water partition coefficient (Wildman–Crippen LogP) is 2.93. The van der Waals surface area contributed by atoms with Crippen molar-refractivity contribution < 1.29 is 18.7 Å². The number of hydrogen-bond donors (Lipinski definition) is 3. The van der Waals surface area contributed by atoms with Gasteiger partial charge in [-0.05, 0) is 12.8 Å². The smallest absolute Gasteiger partial charge is 0.231 e. The van der Waals surface area contributed by atoms with Crippen molar-refractivity contribution in [3.05, 3.63) is 35.6 Å². The maximum atomic E-state index is 15.5. The number of carbonyl (C=O) groups excluding carboxylic acids is 1. The molecule has 1 aliphatic heterocycles. The fourth-order valence-electron chi connectivity index (χ4n) is 4.33. The molecule has 1 amide bonds. The quantitative estimate of drug-likeness (QED) is 0.420. The van der Waals surface area contributed by atoms with E-state index in [0.717, 1.165) is 0 Å². The summed E-state index contributed by atoms with van der Waals surface area (Å²) in [5.41, 5.74) is 1.93. The van der Waals surface area contributed by atoms with Crippen LogP contribution in [0.15, 0.2) is 24.8 Å². The van der Waals surface area contributed by atoms with Crippen molar-refractivity contribution >= 4 is 45.6 Å². The Morgan fingerprint density at radius 3 is 2.88 bits per heavy atom. The Bertz CT molecular complexity index is 1420. The molecule has 3 aromatic heterocycles. The lowest BCUT2D eigenvalue weighted by Crippen LogP contribution is -2.23. The topological polar surface area (TPSA) is 111 Å². The van der Waals surface area contributed by atoms with E-state index in [4.69, 9.17) is 11.6 Å². The number of carbonyl (C=O) groups is 1. The monoisotopic (exact) mass is 473 g/mol. The molecule has 0 radical (unpaired) electrons. The molecule has 4 heterocycles. The van der Waals surface area contributed by atoms with Crippen LogP contribution in [0.1, 0.15) is 12.8 Å². The number of β-amino-alcohol motifs (C(OH)–C–C–N with tert-alkyl or cyclic N) is 1. The third-order valence-corrected chi connectivity index (χ3v) is 6.50. The molecule has 0 spiro atoms. The van der Waals surface area contributed by atoms with Crippen molar-refractivity contribution in [2.24, 2.45) is 5.92 Å². The molecule has 4 aromatic rings. The average Bonchev–Trinajstić information content (AvgIpc) is 3.16. The number of aromatic amines is 1. The number of nitrogens with one attached hydrogen (secondary N) is 2. The van der Waals surface area contributed by atoms with Gasteiger partial charge in [0.2, 0.25) is 5.91 Å². The maximum absolute atomic E-state index is 15.5. The summed E-state index contributed by atoms with van der Waals surface area (Å²) in [5.74, 6) is -1.39. The largest absolute Gasteiger partial charge is 0.391 e. The SMILES string of the molecule is O=C(Nc1cn2cc(-c3c(Cl)c(F)c(N4CCC(O)C4)c4[nH]ncc34)ncc2n1)[C@@H]1C[C@@H]1F. The fourth-order valence-corrected chi connectivity index (χ4v) is 4.62. The van der Waals surface area contributed by atoms with Crippen LogP contribution in [0.2, 0.25) is 5.02 Å². The third-order valence-electron chi connectivity index (χ3n) is 6.14. The highest BCUT2D eigenvalue weighted by Gasteiger charge is 2.43. The first kappa shape index (κ1) is 20.3. The lowest BCUT2D eigenvalue weighted by atomic mass is 10.0. The van der Waals surface area contributed by atoms with E-state index in [1.54, 1.807) is 27.9 Å². The third kappa shape index (κ3) is 3.30. The predicted molar refractivity (Wildman–Crippen MR) is 118 cm³/mol. The van der Waals surface area contributed by atoms with Crippen molar-refractivity contribution in [2.75, 3.05) is 23.3 Å². The number of nitrogens with zero attached hydrogens (tertiary/aromatic N) is 5. The minimum Gasteiger partial charge on any atom is -0.391 e. The molecule has 9 nitrogen and oxygen atoms in total. The van der Waals surface area contributed by atoms with Crippen molar-refractivity contribution in [1.82, 2.24) is 24.6 Å². The summed E-state index contributed by atoms with van der Waals surface area (Å²) in [5, 5.41) is 19.9. The summed E-state index contributed by atoms with van der Waals surface area (Å²) in [6, 6.07) is 0. The number of hydrogen-bond acceptors (Lipinski definition) is 6. The van der Waals surface area contributed by atoms with Crippen molar-refractivity contribution in [3.8, 4) is 11.3 Å². The molecule has 1 saturated carbocycles. The lowest BCUT2D eigenvalue weighted by Gasteiger charge is -2.21. The van der Waals surface area contributed by atoms with Gasteiger partial charge in [0.15, 0.2) is 17.3 Å². The summed E-state index contributed by atoms with van der Waals surface area (Å²) >= 11 is 6.50. The van der Waals surface area contributed by atoms with Crippen LogP contribution in [0.25, 0.3) is 27.8 Å². The zero-order chi connectivity index (χ0) is 22.9. The van der Waals surface area contributed by atoms with E-state index < -0.39 is 29.9 Å². The lowest BCUT2D eigenvalue weighted by molar-refractivity contribution is -0.117. The van der Waals surface area contributed by atoms with Gasteiger partial charge in [0.1, 0.15) is 11.9 Å². The van der Waals surface area contributed by atoms with Gasteiger partial charge in [-0.25, -0.2) is 13.8 Å². The molecular formula is C21H18ClF2N7O2. The Kier molecular flexibility index (Phi) is 4.53. The van der Waals surface area contributed by atoms with E-state index in [2.05, 4.69) is 25.5 Å². The minimum absolute atomic E-state index is 0.108. The van der Waals surface area contributed by atoms with Crippen LogP contribution in [0.4, 0.5) is 20.3 Å². The summed E-state index contributed by atoms with van der Waals surface area (Å²) < 4.78 is 30.2. The Hall–Kier alpha value is -3.31. The maximum Gasteiger partial charge on any atom is 0.231 e. The van der Waals surface area contributed by atoms with Crippen LogP contribution in [0, 0.1) is 11.7 Å². The first-order valence-electron chi connectivity index (χ1n) is 10.5. The molecule has 1 aromatic carbocycles. The summed E-state index contributed by atoms with van der Waals surface area (Å²) in [4.78, 5) is 22.4. The van der Waals surface area contributed by atoms with E-state index in [0.29, 0.717) is 47.3 Å². The zero-order valence-electron chi connectivity index (χ0n) is 17.1. The van der Waals surface area contributed by atoms with Gasteiger partial charge >= 0.3 is 0 Å². The zero-order valence-corrected chi connectivity index (χ0v) is 17.9. The first-order valence-corrected chi connectivity index (χ1v) is 10.9. The highest BCUT2D eigenvalue weighted by molar-refractivity contribution is 6.36. The van der Waals surface area contributed by atoms with Crippen molar-refractivity contribution in [1.29, 1.82) is 0 Å². The van der Waals surface area contributed by atoms with Crippen LogP contribution in [-0.4, -0.2) is 60.9 Å². The van der Waals surface area contributed by atoms with Crippen LogP contribution in [-0.2, 0) is 4.79 Å². The van der Waals surface area contributed by atoms with E-state index in [1.807, 2.05) is 0 Å². The Labute approximate surface area is 190 Å². The number of H-pyrrole nitrogens is 1. The molecular weight excluding hydrogens is 456 g/mol. The number of fused-ring (bicyclic) bond motifs is 2. The highest BCUT2D eigenvalue weighted by atomic mass is 35.5. The number of aliphatic hydroxyl groups is 1. The van der Waals surface area contributed by atoms with Crippen LogP contribution < -0.4 is 10.2 Å². The summed E-state index contributed by atoms with van der Waals surface area (Å²) in [6.07, 6.45) is 5.37. The number of aromatic nitrogens is 5. The second-order valence-corrected chi connectivity index (χ2v) is 8.79. The van der Waals surface area contributed by atoms with Crippen LogP contribution >= 0.6 is 11.6 Å². The standard InChI is InChI=1S/C21H18ClF2N7O2/c22-17-16(11-4-26-29-19(11)20(18(17)24)30-2-1-9(32)6-30)13-7-31-8-14(27-15(31)5-25-13)28-21(33)10-3-12(10)23/h4-5,7-10,12,32H,1-3,6H2,(H,26,29)(H,28,33)/t9?,10-,12+/m1/s1. The average molecular weight is 474 g/mol. The first-order chi connectivity index (χ1) is 15.9. The Morgan fingerprint density at radius 2 is 2.15 bits per heavy atom. The number of imidazole rings is 1. The number of amides is 1. The molecule has 3 N–H and O–H groups in total. The summed E-state index contributed by atoms with van der Waals surface area (Å²) in [7, 11) is 0. The van der Waals surface area contributed by atoms with Gasteiger partial charge in [-0.2, -0.15) is 5.10 Å². The number of rotatable bonds is 4. The van der Waals surface area contributed by atoms with Gasteiger partial charge in [-0.15, -0.1) is 0 Å². The molecule has 2 aliphatic rings. The molecule has 3 atom stereocenters.